The highest BCUT2D eigenvalue weighted by Crippen LogP contribution is 2.23. The normalized spacial score (nSPS) is 12.9. The predicted molar refractivity (Wildman–Crippen MR) is 125 cm³/mol. The lowest BCUT2D eigenvalue weighted by atomic mass is 10.0. The fraction of sp³-hybridized carbons (Fsp3) is 0.391. The summed E-state index contributed by atoms with van der Waals surface area (Å²) in [6, 6.07) is 8.76. The van der Waals surface area contributed by atoms with Gasteiger partial charge in [0, 0.05) is 17.1 Å². The van der Waals surface area contributed by atoms with Gasteiger partial charge in [-0.2, -0.15) is 0 Å². The average Bonchev–Trinajstić information content (AvgIpc) is 2.72. The third-order valence-electron chi connectivity index (χ3n) is 5.24. The first kappa shape index (κ1) is 25.1. The standard InChI is InChI=1S/C23H29Cl2N3O3/c1-14-6-9-18(11-15(14)2)31-23(30)21(5-4-10-26)28(3)22(29)20(27)12-16-7-8-17(24)13-19(16)25/h6-9,11,13,20-21H,4-5,10,12,26-27H2,1-3H3/t20-,21-/m0/s1. The number of ether oxygens (including phenoxy) is 1. The second-order valence-corrected chi connectivity index (χ2v) is 8.45. The minimum atomic E-state index is -0.876. The first-order chi connectivity index (χ1) is 14.6. The Bertz CT molecular complexity index is 936. The number of nitrogens with two attached hydrogens (primary N) is 2. The second kappa shape index (κ2) is 11.5. The number of hydrogen-bond donors (Lipinski definition) is 2. The molecular weight excluding hydrogens is 437 g/mol. The first-order valence-corrected chi connectivity index (χ1v) is 10.8. The molecule has 2 rings (SSSR count). The molecule has 0 aliphatic heterocycles. The van der Waals surface area contributed by atoms with E-state index in [9.17, 15) is 9.59 Å². The molecule has 168 valence electrons. The number of amides is 1. The van der Waals surface area contributed by atoms with Crippen molar-refractivity contribution in [1.82, 2.24) is 4.90 Å². The van der Waals surface area contributed by atoms with Crippen LogP contribution in [0.1, 0.15) is 29.5 Å². The third kappa shape index (κ3) is 6.94. The summed E-state index contributed by atoms with van der Waals surface area (Å²) in [6.07, 6.45) is 1.15. The van der Waals surface area contributed by atoms with Crippen molar-refractivity contribution < 1.29 is 14.3 Å². The smallest absolute Gasteiger partial charge is 0.334 e. The van der Waals surface area contributed by atoms with Gasteiger partial charge in [-0.1, -0.05) is 35.3 Å². The van der Waals surface area contributed by atoms with E-state index in [0.29, 0.717) is 40.7 Å². The Balaban J connectivity index is 2.13. The van der Waals surface area contributed by atoms with Crippen molar-refractivity contribution in [1.29, 1.82) is 0 Å². The lowest BCUT2D eigenvalue weighted by Crippen LogP contribution is -2.51. The van der Waals surface area contributed by atoms with Crippen molar-refractivity contribution >= 4 is 35.1 Å². The fourth-order valence-electron chi connectivity index (χ4n) is 3.17. The van der Waals surface area contributed by atoms with E-state index in [4.69, 9.17) is 39.4 Å². The summed E-state index contributed by atoms with van der Waals surface area (Å²) in [5.74, 6) is -0.474. The van der Waals surface area contributed by atoms with Crippen molar-refractivity contribution in [2.24, 2.45) is 11.5 Å². The van der Waals surface area contributed by atoms with Crippen LogP contribution < -0.4 is 16.2 Å². The summed E-state index contributed by atoms with van der Waals surface area (Å²) in [5, 5.41) is 0.939. The molecule has 2 aromatic rings. The van der Waals surface area contributed by atoms with Crippen LogP contribution in [0.3, 0.4) is 0 Å². The zero-order chi connectivity index (χ0) is 23.1. The van der Waals surface area contributed by atoms with Crippen LogP contribution >= 0.6 is 23.2 Å². The molecular formula is C23H29Cl2N3O3. The Labute approximate surface area is 193 Å². The van der Waals surface area contributed by atoms with Gasteiger partial charge in [-0.25, -0.2) is 4.79 Å². The first-order valence-electron chi connectivity index (χ1n) is 10.1. The fourth-order valence-corrected chi connectivity index (χ4v) is 3.65. The number of carbonyl (C=O) groups is 2. The number of halogens is 2. The molecule has 0 saturated heterocycles. The largest absolute Gasteiger partial charge is 0.425 e. The van der Waals surface area contributed by atoms with Gasteiger partial charge in [0.15, 0.2) is 0 Å². The molecule has 0 fully saturated rings. The molecule has 0 radical (unpaired) electrons. The highest BCUT2D eigenvalue weighted by atomic mass is 35.5. The van der Waals surface area contributed by atoms with E-state index in [0.717, 1.165) is 11.1 Å². The quantitative estimate of drug-likeness (QED) is 0.434. The summed E-state index contributed by atoms with van der Waals surface area (Å²) < 4.78 is 5.56. The number of hydrogen-bond acceptors (Lipinski definition) is 5. The highest BCUT2D eigenvalue weighted by Gasteiger charge is 2.31. The summed E-state index contributed by atoms with van der Waals surface area (Å²) in [4.78, 5) is 27.2. The Kier molecular flexibility index (Phi) is 9.32. The van der Waals surface area contributed by atoms with Crippen molar-refractivity contribution in [3.63, 3.8) is 0 Å². The van der Waals surface area contributed by atoms with Gasteiger partial charge in [-0.15, -0.1) is 0 Å². The van der Waals surface area contributed by atoms with Crippen LogP contribution in [0.5, 0.6) is 5.75 Å². The summed E-state index contributed by atoms with van der Waals surface area (Å²) in [5.41, 5.74) is 14.6. The molecule has 4 N–H and O–H groups in total. The van der Waals surface area contributed by atoms with Gasteiger partial charge in [-0.05, 0) is 80.6 Å². The summed E-state index contributed by atoms with van der Waals surface area (Å²) >= 11 is 12.1. The molecule has 2 atom stereocenters. The molecule has 0 unspecified atom stereocenters. The van der Waals surface area contributed by atoms with Crippen molar-refractivity contribution in [2.75, 3.05) is 13.6 Å². The highest BCUT2D eigenvalue weighted by molar-refractivity contribution is 6.35. The molecule has 0 saturated carbocycles. The maximum atomic E-state index is 13.0. The minimum absolute atomic E-state index is 0.217. The van der Waals surface area contributed by atoms with E-state index in [1.54, 1.807) is 37.4 Å². The van der Waals surface area contributed by atoms with Crippen molar-refractivity contribution in [2.45, 2.75) is 45.2 Å². The van der Waals surface area contributed by atoms with Crippen molar-refractivity contribution in [3.05, 3.63) is 63.1 Å². The van der Waals surface area contributed by atoms with Gasteiger partial charge in [-0.3, -0.25) is 4.79 Å². The van der Waals surface area contributed by atoms with Gasteiger partial charge >= 0.3 is 5.97 Å². The molecule has 0 bridgehead atoms. The average molecular weight is 466 g/mol. The Morgan fingerprint density at radius 1 is 1.10 bits per heavy atom. The molecule has 6 nitrogen and oxygen atoms in total. The van der Waals surface area contributed by atoms with Crippen LogP contribution in [0, 0.1) is 13.8 Å². The van der Waals surface area contributed by atoms with Gasteiger partial charge in [0.1, 0.15) is 11.8 Å². The SMILES string of the molecule is Cc1ccc(OC(=O)[C@H](CCCN)N(C)C(=O)[C@@H](N)Cc2ccc(Cl)cc2Cl)cc1C. The number of esters is 1. The van der Waals surface area contributed by atoms with Gasteiger partial charge < -0.3 is 21.1 Å². The topological polar surface area (TPSA) is 98.6 Å². The molecule has 0 aliphatic carbocycles. The predicted octanol–water partition coefficient (Wildman–Crippen LogP) is 3.65. The molecule has 0 heterocycles. The molecule has 2 aromatic carbocycles. The summed E-state index contributed by atoms with van der Waals surface area (Å²) in [6.45, 7) is 4.31. The van der Waals surface area contributed by atoms with Gasteiger partial charge in [0.25, 0.3) is 0 Å². The molecule has 0 aromatic heterocycles. The number of rotatable bonds is 9. The second-order valence-electron chi connectivity index (χ2n) is 7.61. The van der Waals surface area contributed by atoms with E-state index < -0.39 is 18.1 Å². The molecule has 1 amide bonds. The van der Waals surface area contributed by atoms with Gasteiger partial charge in [0.05, 0.1) is 6.04 Å². The summed E-state index contributed by atoms with van der Waals surface area (Å²) in [7, 11) is 1.55. The zero-order valence-electron chi connectivity index (χ0n) is 18.0. The van der Waals surface area contributed by atoms with E-state index in [2.05, 4.69) is 0 Å². The molecule has 8 heteroatoms. The number of likely N-dealkylation sites (N-methyl/N-ethyl adjacent to an activating group) is 1. The number of aryl methyl sites for hydroxylation is 2. The van der Waals surface area contributed by atoms with E-state index in [1.165, 1.54) is 4.90 Å². The molecule has 31 heavy (non-hydrogen) atoms. The zero-order valence-corrected chi connectivity index (χ0v) is 19.5. The van der Waals surface area contributed by atoms with Crippen LogP contribution in [-0.4, -0.2) is 42.5 Å². The number of nitrogens with zero attached hydrogens (tertiary/aromatic N) is 1. The van der Waals surface area contributed by atoms with E-state index in [1.807, 2.05) is 19.9 Å². The van der Waals surface area contributed by atoms with Crippen molar-refractivity contribution in [3.8, 4) is 5.75 Å². The van der Waals surface area contributed by atoms with Crippen LogP contribution in [-0.2, 0) is 16.0 Å². The Hall–Kier alpha value is -2.12. The lowest BCUT2D eigenvalue weighted by Gasteiger charge is -2.29. The van der Waals surface area contributed by atoms with E-state index in [-0.39, 0.29) is 12.3 Å². The van der Waals surface area contributed by atoms with Crippen LogP contribution in [0.4, 0.5) is 0 Å². The molecule has 0 spiro atoms. The van der Waals surface area contributed by atoms with Gasteiger partial charge in [0.2, 0.25) is 5.91 Å². The molecule has 0 aliphatic rings. The van der Waals surface area contributed by atoms with E-state index >= 15 is 0 Å². The number of carbonyl (C=O) groups excluding carboxylic acids is 2. The number of benzene rings is 2. The Morgan fingerprint density at radius 3 is 2.42 bits per heavy atom. The monoisotopic (exact) mass is 465 g/mol. The maximum absolute atomic E-state index is 13.0. The lowest BCUT2D eigenvalue weighted by molar-refractivity contribution is -0.147. The Morgan fingerprint density at radius 2 is 1.81 bits per heavy atom. The van der Waals surface area contributed by atoms with Crippen LogP contribution in [0.2, 0.25) is 10.0 Å². The third-order valence-corrected chi connectivity index (χ3v) is 5.82. The minimum Gasteiger partial charge on any atom is -0.425 e. The van der Waals surface area contributed by atoms with Crippen LogP contribution in [0.15, 0.2) is 36.4 Å². The van der Waals surface area contributed by atoms with Crippen LogP contribution in [0.25, 0.3) is 0 Å². The maximum Gasteiger partial charge on any atom is 0.334 e.